The molecule has 0 unspecified atom stereocenters. The Morgan fingerprint density at radius 2 is 1.70 bits per heavy atom. The third kappa shape index (κ3) is 5.38. The Morgan fingerprint density at radius 3 is 2.15 bits per heavy atom. The smallest absolute Gasteiger partial charge is 0.372 e. The average molecular weight is 289 g/mol. The van der Waals surface area contributed by atoms with E-state index in [1.54, 1.807) is 17.4 Å². The number of alkyl halides is 3. The van der Waals surface area contributed by atoms with Crippen LogP contribution in [-0.4, -0.2) is 31.8 Å². The van der Waals surface area contributed by atoms with E-state index in [0.29, 0.717) is 5.69 Å². The molecule has 0 radical (unpaired) electrons. The average Bonchev–Trinajstić information content (AvgIpc) is 2.39. The maximum Gasteiger partial charge on any atom is 0.405 e. The summed E-state index contributed by atoms with van der Waals surface area (Å²) in [5.41, 5.74) is 1.44. The van der Waals surface area contributed by atoms with E-state index >= 15 is 0 Å². The predicted molar refractivity (Wildman–Crippen MR) is 73.1 cm³/mol. The third-order valence-corrected chi connectivity index (χ3v) is 2.70. The molecule has 0 atom stereocenters. The summed E-state index contributed by atoms with van der Waals surface area (Å²) in [5, 5.41) is 4.09. The molecule has 0 aliphatic carbocycles. The molecule has 0 heterocycles. The second kappa shape index (κ2) is 7.02. The van der Waals surface area contributed by atoms with Crippen LogP contribution >= 0.6 is 0 Å². The van der Waals surface area contributed by atoms with E-state index in [4.69, 9.17) is 0 Å². The number of benzene rings is 1. The molecule has 2 N–H and O–H groups in total. The number of anilines is 2. The summed E-state index contributed by atoms with van der Waals surface area (Å²) < 4.78 is 35.8. The number of carbonyl (C=O) groups is 1. The highest BCUT2D eigenvalue weighted by Gasteiger charge is 2.27. The molecule has 0 aromatic heterocycles. The van der Waals surface area contributed by atoms with Crippen molar-refractivity contribution in [2.24, 2.45) is 0 Å². The Balaban J connectivity index is 2.55. The minimum atomic E-state index is -4.41. The van der Waals surface area contributed by atoms with Crippen LogP contribution in [0.25, 0.3) is 0 Å². The summed E-state index contributed by atoms with van der Waals surface area (Å²) in [6.45, 7) is 4.42. The van der Waals surface area contributed by atoms with Crippen LogP contribution in [0.2, 0.25) is 0 Å². The Kier molecular flexibility index (Phi) is 5.66. The molecule has 0 aliphatic heterocycles. The van der Waals surface area contributed by atoms with Crippen LogP contribution in [0.15, 0.2) is 24.3 Å². The first-order valence-corrected chi connectivity index (χ1v) is 6.32. The monoisotopic (exact) mass is 289 g/mol. The van der Waals surface area contributed by atoms with E-state index in [1.165, 1.54) is 0 Å². The summed E-state index contributed by atoms with van der Waals surface area (Å²) in [6.07, 6.45) is -4.41. The molecule has 1 rings (SSSR count). The van der Waals surface area contributed by atoms with Crippen molar-refractivity contribution in [1.29, 1.82) is 0 Å². The quantitative estimate of drug-likeness (QED) is 0.874. The van der Waals surface area contributed by atoms with Crippen molar-refractivity contribution in [2.75, 3.05) is 29.9 Å². The first-order valence-electron chi connectivity index (χ1n) is 6.32. The number of nitrogens with one attached hydrogen (secondary N) is 2. The molecule has 0 bridgehead atoms. The fourth-order valence-electron chi connectivity index (χ4n) is 1.70. The van der Waals surface area contributed by atoms with Crippen molar-refractivity contribution >= 4 is 17.4 Å². The van der Waals surface area contributed by atoms with Gasteiger partial charge in [0.2, 0.25) is 0 Å². The molecule has 20 heavy (non-hydrogen) atoms. The van der Waals surface area contributed by atoms with Gasteiger partial charge in [-0.15, -0.1) is 0 Å². The number of amides is 2. The minimum absolute atomic E-state index is 0.445. The van der Waals surface area contributed by atoms with Crippen molar-refractivity contribution in [3.8, 4) is 0 Å². The SMILES string of the molecule is CCN(CC)c1ccc(NC(=O)NCC(F)(F)F)cc1. The van der Waals surface area contributed by atoms with Gasteiger partial charge >= 0.3 is 12.2 Å². The summed E-state index contributed by atoms with van der Waals surface area (Å²) >= 11 is 0. The van der Waals surface area contributed by atoms with E-state index in [1.807, 2.05) is 26.0 Å². The number of hydrogen-bond donors (Lipinski definition) is 2. The van der Waals surface area contributed by atoms with Crippen molar-refractivity contribution < 1.29 is 18.0 Å². The third-order valence-electron chi connectivity index (χ3n) is 2.70. The lowest BCUT2D eigenvalue weighted by Crippen LogP contribution is -2.36. The number of halogens is 3. The van der Waals surface area contributed by atoms with E-state index in [-0.39, 0.29) is 0 Å². The summed E-state index contributed by atoms with van der Waals surface area (Å²) in [6, 6.07) is 6.05. The maximum atomic E-state index is 11.9. The number of rotatable bonds is 5. The molecule has 0 saturated heterocycles. The van der Waals surface area contributed by atoms with Gasteiger partial charge in [-0.25, -0.2) is 4.79 Å². The zero-order valence-corrected chi connectivity index (χ0v) is 11.4. The van der Waals surface area contributed by atoms with Crippen LogP contribution < -0.4 is 15.5 Å². The normalized spacial score (nSPS) is 11.1. The lowest BCUT2D eigenvalue weighted by Gasteiger charge is -2.21. The fraction of sp³-hybridized carbons (Fsp3) is 0.462. The van der Waals surface area contributed by atoms with Gasteiger partial charge in [0.25, 0.3) is 0 Å². The van der Waals surface area contributed by atoms with Crippen LogP contribution in [0, 0.1) is 0 Å². The van der Waals surface area contributed by atoms with Gasteiger partial charge in [-0.3, -0.25) is 0 Å². The Hall–Kier alpha value is -1.92. The Bertz CT molecular complexity index is 427. The topological polar surface area (TPSA) is 44.4 Å². The van der Waals surface area contributed by atoms with Crippen LogP contribution in [0.5, 0.6) is 0 Å². The summed E-state index contributed by atoms with van der Waals surface area (Å²) in [7, 11) is 0. The van der Waals surface area contributed by atoms with E-state index < -0.39 is 18.8 Å². The summed E-state index contributed by atoms with van der Waals surface area (Å²) in [5.74, 6) is 0. The van der Waals surface area contributed by atoms with Crippen molar-refractivity contribution in [1.82, 2.24) is 5.32 Å². The standard InChI is InChI=1S/C13H18F3N3O/c1-3-19(4-2)11-7-5-10(6-8-11)18-12(20)17-9-13(14,15)16/h5-8H,3-4,9H2,1-2H3,(H2,17,18,20). The van der Waals surface area contributed by atoms with Gasteiger partial charge in [-0.2, -0.15) is 13.2 Å². The predicted octanol–water partition coefficient (Wildman–Crippen LogP) is 3.22. The fourth-order valence-corrected chi connectivity index (χ4v) is 1.70. The van der Waals surface area contributed by atoms with Gasteiger partial charge < -0.3 is 15.5 Å². The molecule has 7 heteroatoms. The molecule has 0 aliphatic rings. The lowest BCUT2D eigenvalue weighted by atomic mass is 10.2. The van der Waals surface area contributed by atoms with Gasteiger partial charge in [-0.1, -0.05) is 0 Å². The largest absolute Gasteiger partial charge is 0.405 e. The van der Waals surface area contributed by atoms with E-state index in [9.17, 15) is 18.0 Å². The van der Waals surface area contributed by atoms with E-state index in [2.05, 4.69) is 10.2 Å². The van der Waals surface area contributed by atoms with Crippen LogP contribution in [-0.2, 0) is 0 Å². The molecule has 112 valence electrons. The van der Waals surface area contributed by atoms with Gasteiger partial charge in [0.15, 0.2) is 0 Å². The first-order chi connectivity index (χ1) is 9.35. The lowest BCUT2D eigenvalue weighted by molar-refractivity contribution is -0.122. The molecule has 4 nitrogen and oxygen atoms in total. The molecular weight excluding hydrogens is 271 g/mol. The Labute approximate surface area is 116 Å². The molecule has 1 aromatic carbocycles. The molecule has 1 aromatic rings. The van der Waals surface area contributed by atoms with Gasteiger partial charge in [-0.05, 0) is 38.1 Å². The van der Waals surface area contributed by atoms with Gasteiger partial charge in [0, 0.05) is 24.5 Å². The number of carbonyl (C=O) groups excluding carboxylic acids is 1. The molecule has 0 spiro atoms. The minimum Gasteiger partial charge on any atom is -0.372 e. The Morgan fingerprint density at radius 1 is 1.15 bits per heavy atom. The maximum absolute atomic E-state index is 11.9. The number of nitrogens with zero attached hydrogens (tertiary/aromatic N) is 1. The van der Waals surface area contributed by atoms with E-state index in [0.717, 1.165) is 18.8 Å². The van der Waals surface area contributed by atoms with Crippen LogP contribution in [0.4, 0.5) is 29.3 Å². The molecule has 0 fully saturated rings. The van der Waals surface area contributed by atoms with Gasteiger partial charge in [0.1, 0.15) is 6.54 Å². The highest BCUT2D eigenvalue weighted by Crippen LogP contribution is 2.17. The second-order valence-electron chi connectivity index (χ2n) is 4.14. The van der Waals surface area contributed by atoms with Crippen LogP contribution in [0.3, 0.4) is 0 Å². The molecule has 2 amide bonds. The molecular formula is C13H18F3N3O. The van der Waals surface area contributed by atoms with Crippen molar-refractivity contribution in [2.45, 2.75) is 20.0 Å². The van der Waals surface area contributed by atoms with Crippen LogP contribution in [0.1, 0.15) is 13.8 Å². The molecule has 0 saturated carbocycles. The first kappa shape index (κ1) is 16.1. The zero-order valence-electron chi connectivity index (χ0n) is 11.4. The summed E-state index contributed by atoms with van der Waals surface area (Å²) in [4.78, 5) is 13.4. The van der Waals surface area contributed by atoms with Gasteiger partial charge in [0.05, 0.1) is 0 Å². The zero-order chi connectivity index (χ0) is 15.2. The number of hydrogen-bond acceptors (Lipinski definition) is 2. The van der Waals surface area contributed by atoms with Crippen molar-refractivity contribution in [3.63, 3.8) is 0 Å². The highest BCUT2D eigenvalue weighted by atomic mass is 19.4. The number of urea groups is 1. The second-order valence-corrected chi connectivity index (χ2v) is 4.14. The van der Waals surface area contributed by atoms with Crippen molar-refractivity contribution in [3.05, 3.63) is 24.3 Å². The highest BCUT2D eigenvalue weighted by molar-refractivity contribution is 5.89.